The predicted molar refractivity (Wildman–Crippen MR) is 53.6 cm³/mol. The third-order valence-electron chi connectivity index (χ3n) is 1.40. The topological polar surface area (TPSA) is 58.3 Å². The molecule has 4 N–H and O–H groups in total. The molecule has 0 aromatic heterocycles. The standard InChI is InChI=1S/C7H9IN2O/c8-10-6-3-5(4-9)1-2-7(6)11/h1-3,10-11H,4,9H2. The van der Waals surface area contributed by atoms with Crippen molar-refractivity contribution in [1.29, 1.82) is 0 Å². The molecule has 0 aliphatic rings. The number of rotatable bonds is 2. The Morgan fingerprint density at radius 1 is 1.55 bits per heavy atom. The van der Waals surface area contributed by atoms with Gasteiger partial charge in [-0.15, -0.1) is 0 Å². The molecular weight excluding hydrogens is 255 g/mol. The van der Waals surface area contributed by atoms with E-state index < -0.39 is 0 Å². The monoisotopic (exact) mass is 264 g/mol. The maximum absolute atomic E-state index is 9.22. The van der Waals surface area contributed by atoms with E-state index in [1.54, 1.807) is 12.1 Å². The fourth-order valence-electron chi connectivity index (χ4n) is 0.786. The second kappa shape index (κ2) is 3.77. The Balaban J connectivity index is 3.02. The number of halogens is 1. The molecule has 4 heteroatoms. The van der Waals surface area contributed by atoms with E-state index >= 15 is 0 Å². The molecule has 0 spiro atoms. The second-order valence-corrected chi connectivity index (χ2v) is 2.69. The fraction of sp³-hybridized carbons (Fsp3) is 0.143. The van der Waals surface area contributed by atoms with Gasteiger partial charge in [0, 0.05) is 6.54 Å². The van der Waals surface area contributed by atoms with E-state index in [1.165, 1.54) is 0 Å². The van der Waals surface area contributed by atoms with Crippen LogP contribution in [-0.2, 0) is 6.54 Å². The highest BCUT2D eigenvalue weighted by molar-refractivity contribution is 14.1. The highest BCUT2D eigenvalue weighted by atomic mass is 127. The van der Waals surface area contributed by atoms with Crippen molar-refractivity contribution in [3.63, 3.8) is 0 Å². The largest absolute Gasteiger partial charge is 0.506 e. The normalized spacial score (nSPS) is 9.64. The third kappa shape index (κ3) is 1.97. The molecule has 11 heavy (non-hydrogen) atoms. The first-order chi connectivity index (χ1) is 5.27. The quantitative estimate of drug-likeness (QED) is 0.432. The van der Waals surface area contributed by atoms with Crippen LogP contribution in [0.5, 0.6) is 5.75 Å². The van der Waals surface area contributed by atoms with E-state index in [0.29, 0.717) is 12.2 Å². The molecule has 0 saturated heterocycles. The maximum atomic E-state index is 9.22. The third-order valence-corrected chi connectivity index (χ3v) is 1.98. The predicted octanol–water partition coefficient (Wildman–Crippen LogP) is 1.61. The zero-order chi connectivity index (χ0) is 8.27. The van der Waals surface area contributed by atoms with Crippen LogP contribution in [0.25, 0.3) is 0 Å². The number of benzene rings is 1. The van der Waals surface area contributed by atoms with Crippen molar-refractivity contribution >= 4 is 28.6 Å². The molecule has 0 aliphatic heterocycles. The van der Waals surface area contributed by atoms with Crippen molar-refractivity contribution in [3.05, 3.63) is 23.8 Å². The summed E-state index contributed by atoms with van der Waals surface area (Å²) in [4.78, 5) is 0. The Morgan fingerprint density at radius 3 is 2.82 bits per heavy atom. The van der Waals surface area contributed by atoms with Gasteiger partial charge in [0.2, 0.25) is 0 Å². The number of nitrogens with one attached hydrogen (secondary N) is 1. The summed E-state index contributed by atoms with van der Waals surface area (Å²) in [5, 5.41) is 9.22. The average Bonchev–Trinajstić information content (AvgIpc) is 2.05. The van der Waals surface area contributed by atoms with Gasteiger partial charge in [0.15, 0.2) is 0 Å². The molecular formula is C7H9IN2O. The van der Waals surface area contributed by atoms with E-state index in [-0.39, 0.29) is 5.75 Å². The second-order valence-electron chi connectivity index (χ2n) is 2.15. The lowest BCUT2D eigenvalue weighted by molar-refractivity contribution is 0.478. The maximum Gasteiger partial charge on any atom is 0.139 e. The first-order valence-corrected chi connectivity index (χ1v) is 4.24. The zero-order valence-electron chi connectivity index (χ0n) is 5.84. The van der Waals surface area contributed by atoms with Crippen molar-refractivity contribution in [3.8, 4) is 5.75 Å². The lowest BCUT2D eigenvalue weighted by Crippen LogP contribution is -1.96. The molecule has 60 valence electrons. The Labute approximate surface area is 79.1 Å². The van der Waals surface area contributed by atoms with Gasteiger partial charge >= 0.3 is 0 Å². The molecule has 0 amide bonds. The molecule has 0 radical (unpaired) electrons. The van der Waals surface area contributed by atoms with Crippen molar-refractivity contribution in [2.24, 2.45) is 5.73 Å². The minimum Gasteiger partial charge on any atom is -0.506 e. The van der Waals surface area contributed by atoms with Gasteiger partial charge in [-0.05, 0) is 17.7 Å². The highest BCUT2D eigenvalue weighted by Gasteiger charge is 1.98. The van der Waals surface area contributed by atoms with Gasteiger partial charge < -0.3 is 14.4 Å². The summed E-state index contributed by atoms with van der Waals surface area (Å²) < 4.78 is 2.83. The number of phenols is 1. The molecule has 0 aliphatic carbocycles. The molecule has 3 nitrogen and oxygen atoms in total. The van der Waals surface area contributed by atoms with E-state index in [9.17, 15) is 5.11 Å². The minimum absolute atomic E-state index is 0.247. The van der Waals surface area contributed by atoms with Gasteiger partial charge in [-0.1, -0.05) is 6.07 Å². The molecule has 1 aromatic rings. The van der Waals surface area contributed by atoms with Gasteiger partial charge in [0.25, 0.3) is 0 Å². The van der Waals surface area contributed by atoms with Crippen LogP contribution in [0.4, 0.5) is 5.69 Å². The summed E-state index contributed by atoms with van der Waals surface area (Å²) in [7, 11) is 0. The average molecular weight is 264 g/mol. The van der Waals surface area contributed by atoms with Gasteiger partial charge in [-0.3, -0.25) is 0 Å². The van der Waals surface area contributed by atoms with E-state index in [1.807, 2.05) is 28.9 Å². The number of nitrogens with two attached hydrogens (primary N) is 1. The summed E-state index contributed by atoms with van der Waals surface area (Å²) in [6, 6.07) is 5.25. The number of anilines is 1. The molecule has 0 bridgehead atoms. The molecule has 0 saturated carbocycles. The van der Waals surface area contributed by atoms with Crippen LogP contribution < -0.4 is 9.26 Å². The van der Waals surface area contributed by atoms with Crippen LogP contribution in [-0.4, -0.2) is 5.11 Å². The van der Waals surface area contributed by atoms with Crippen LogP contribution in [0.1, 0.15) is 5.56 Å². The first-order valence-electron chi connectivity index (χ1n) is 3.16. The first kappa shape index (κ1) is 8.61. The van der Waals surface area contributed by atoms with Crippen molar-refractivity contribution in [2.75, 3.05) is 3.53 Å². The molecule has 0 atom stereocenters. The van der Waals surface area contributed by atoms with Crippen LogP contribution in [0.3, 0.4) is 0 Å². The SMILES string of the molecule is NCc1ccc(O)c(NI)c1. The van der Waals surface area contributed by atoms with E-state index in [2.05, 4.69) is 3.53 Å². The van der Waals surface area contributed by atoms with Crippen molar-refractivity contribution in [1.82, 2.24) is 0 Å². The fourth-order valence-corrected chi connectivity index (χ4v) is 1.22. The summed E-state index contributed by atoms with van der Waals surface area (Å²) >= 11 is 1.96. The Hall–Kier alpha value is -0.490. The molecule has 0 fully saturated rings. The van der Waals surface area contributed by atoms with Gasteiger partial charge in [-0.25, -0.2) is 0 Å². The van der Waals surface area contributed by atoms with Gasteiger partial charge in [0.05, 0.1) is 28.6 Å². The Kier molecular flexibility index (Phi) is 2.95. The molecule has 0 unspecified atom stereocenters. The summed E-state index contributed by atoms with van der Waals surface area (Å²) in [5.74, 6) is 0.247. The van der Waals surface area contributed by atoms with Crippen LogP contribution in [0, 0.1) is 0 Å². The zero-order valence-corrected chi connectivity index (χ0v) is 8.00. The van der Waals surface area contributed by atoms with Gasteiger partial charge in [0.1, 0.15) is 5.75 Å². The Morgan fingerprint density at radius 2 is 2.27 bits per heavy atom. The summed E-state index contributed by atoms with van der Waals surface area (Å²) in [5.41, 5.74) is 7.12. The van der Waals surface area contributed by atoms with Crippen molar-refractivity contribution in [2.45, 2.75) is 6.54 Å². The molecule has 1 rings (SSSR count). The van der Waals surface area contributed by atoms with Crippen LogP contribution in [0.15, 0.2) is 18.2 Å². The van der Waals surface area contributed by atoms with Crippen molar-refractivity contribution < 1.29 is 5.11 Å². The number of phenolic OH excluding ortho intramolecular Hbond substituents is 1. The van der Waals surface area contributed by atoms with Crippen LogP contribution in [0.2, 0.25) is 0 Å². The number of aromatic hydroxyl groups is 1. The minimum atomic E-state index is 0.247. The van der Waals surface area contributed by atoms with E-state index in [0.717, 1.165) is 5.56 Å². The number of hydrogen-bond acceptors (Lipinski definition) is 3. The highest BCUT2D eigenvalue weighted by Crippen LogP contribution is 2.24. The lowest BCUT2D eigenvalue weighted by atomic mass is 10.2. The van der Waals surface area contributed by atoms with Gasteiger partial charge in [-0.2, -0.15) is 0 Å². The smallest absolute Gasteiger partial charge is 0.139 e. The molecule has 1 aromatic carbocycles. The lowest BCUT2D eigenvalue weighted by Gasteiger charge is -2.03. The Bertz CT molecular complexity index is 252. The summed E-state index contributed by atoms with van der Waals surface area (Å²) in [6.07, 6.45) is 0. The molecule has 0 heterocycles. The van der Waals surface area contributed by atoms with Crippen LogP contribution >= 0.6 is 22.9 Å². The van der Waals surface area contributed by atoms with E-state index in [4.69, 9.17) is 5.73 Å². The summed E-state index contributed by atoms with van der Waals surface area (Å²) in [6.45, 7) is 0.492. The number of hydrogen-bond donors (Lipinski definition) is 3.